The summed E-state index contributed by atoms with van der Waals surface area (Å²) in [5, 5.41) is 19.1. The summed E-state index contributed by atoms with van der Waals surface area (Å²) in [6.07, 6.45) is 3.36. The molecule has 0 radical (unpaired) electrons. The molecule has 136 valence electrons. The normalized spacial score (nSPS) is 15.6. The second kappa shape index (κ2) is 6.64. The van der Waals surface area contributed by atoms with Crippen LogP contribution < -0.4 is 10.3 Å². The predicted molar refractivity (Wildman–Crippen MR) is 102 cm³/mol. The van der Waals surface area contributed by atoms with Crippen molar-refractivity contribution in [2.24, 2.45) is 0 Å². The molecule has 0 aliphatic carbocycles. The molecule has 0 saturated heterocycles. The second-order valence-electron chi connectivity index (χ2n) is 6.58. The highest BCUT2D eigenvalue weighted by Gasteiger charge is 2.30. The third-order valence-electron chi connectivity index (χ3n) is 4.82. The Labute approximate surface area is 155 Å². The molecule has 2 heterocycles. The molecule has 0 saturated carbocycles. The van der Waals surface area contributed by atoms with Crippen molar-refractivity contribution in [3.63, 3.8) is 0 Å². The van der Waals surface area contributed by atoms with Gasteiger partial charge in [-0.2, -0.15) is 0 Å². The van der Waals surface area contributed by atoms with E-state index in [1.807, 2.05) is 42.5 Å². The number of carboxylic acid groups (broad SMARTS) is 1. The van der Waals surface area contributed by atoms with Gasteiger partial charge in [0, 0.05) is 30.3 Å². The van der Waals surface area contributed by atoms with E-state index < -0.39 is 22.7 Å². The topological polar surface area (TPSA) is 82.8 Å². The number of benzene rings is 2. The molecule has 6 heteroatoms. The largest absolute Gasteiger partial charge is 0.503 e. The molecule has 2 aromatic carbocycles. The Morgan fingerprint density at radius 2 is 1.74 bits per heavy atom. The van der Waals surface area contributed by atoms with Gasteiger partial charge in [-0.15, -0.1) is 0 Å². The van der Waals surface area contributed by atoms with Crippen molar-refractivity contribution in [2.45, 2.75) is 19.0 Å². The van der Waals surface area contributed by atoms with Crippen molar-refractivity contribution in [1.82, 2.24) is 4.57 Å². The van der Waals surface area contributed by atoms with Crippen LogP contribution in [0.15, 0.2) is 71.8 Å². The lowest BCUT2D eigenvalue weighted by Gasteiger charge is -2.28. The van der Waals surface area contributed by atoms with Gasteiger partial charge in [0.15, 0.2) is 5.75 Å². The SMILES string of the molecule is O=C(O)c1cn(C[C@@H]2Cc3ccccc3N2c2ccccc2)cc(O)c1=O. The van der Waals surface area contributed by atoms with Gasteiger partial charge in [-0.3, -0.25) is 4.79 Å². The molecule has 0 amide bonds. The minimum absolute atomic E-state index is 0.0216. The van der Waals surface area contributed by atoms with Gasteiger partial charge in [0.2, 0.25) is 5.43 Å². The van der Waals surface area contributed by atoms with Gasteiger partial charge >= 0.3 is 5.97 Å². The maximum Gasteiger partial charge on any atom is 0.341 e. The van der Waals surface area contributed by atoms with E-state index in [-0.39, 0.29) is 6.04 Å². The van der Waals surface area contributed by atoms with Crippen LogP contribution in [0.25, 0.3) is 0 Å². The molecule has 2 N–H and O–H groups in total. The van der Waals surface area contributed by atoms with E-state index in [0.717, 1.165) is 17.8 Å². The van der Waals surface area contributed by atoms with Gasteiger partial charge in [-0.25, -0.2) is 4.79 Å². The van der Waals surface area contributed by atoms with Gasteiger partial charge in [-0.05, 0) is 30.2 Å². The summed E-state index contributed by atoms with van der Waals surface area (Å²) in [6, 6.07) is 18.1. The first-order valence-corrected chi connectivity index (χ1v) is 8.63. The van der Waals surface area contributed by atoms with E-state index >= 15 is 0 Å². The zero-order chi connectivity index (χ0) is 19.0. The third kappa shape index (κ3) is 3.06. The van der Waals surface area contributed by atoms with Crippen LogP contribution in [-0.2, 0) is 13.0 Å². The van der Waals surface area contributed by atoms with Crippen molar-refractivity contribution < 1.29 is 15.0 Å². The van der Waals surface area contributed by atoms with Gasteiger partial charge in [0.1, 0.15) is 5.56 Å². The molecule has 0 spiro atoms. The lowest BCUT2D eigenvalue weighted by Crippen LogP contribution is -2.32. The number of pyridine rings is 1. The van der Waals surface area contributed by atoms with Gasteiger partial charge in [0.05, 0.1) is 6.04 Å². The number of para-hydroxylation sites is 2. The van der Waals surface area contributed by atoms with E-state index in [4.69, 9.17) is 0 Å². The fourth-order valence-corrected chi connectivity index (χ4v) is 3.66. The molecule has 1 aliphatic heterocycles. The van der Waals surface area contributed by atoms with Crippen molar-refractivity contribution in [3.05, 3.63) is 88.3 Å². The first kappa shape index (κ1) is 16.9. The van der Waals surface area contributed by atoms with Crippen molar-refractivity contribution in [3.8, 4) is 5.75 Å². The summed E-state index contributed by atoms with van der Waals surface area (Å²) in [7, 11) is 0. The van der Waals surface area contributed by atoms with Gasteiger partial charge in [0.25, 0.3) is 0 Å². The van der Waals surface area contributed by atoms with Crippen LogP contribution in [0.5, 0.6) is 5.75 Å². The smallest absolute Gasteiger partial charge is 0.341 e. The monoisotopic (exact) mass is 362 g/mol. The molecule has 27 heavy (non-hydrogen) atoms. The minimum Gasteiger partial charge on any atom is -0.503 e. The molecule has 1 aliphatic rings. The van der Waals surface area contributed by atoms with Crippen LogP contribution in [0.1, 0.15) is 15.9 Å². The summed E-state index contributed by atoms with van der Waals surface area (Å²) in [6.45, 7) is 0.428. The van der Waals surface area contributed by atoms with E-state index in [2.05, 4.69) is 17.0 Å². The van der Waals surface area contributed by atoms with Gasteiger partial charge in [-0.1, -0.05) is 36.4 Å². The van der Waals surface area contributed by atoms with E-state index in [0.29, 0.717) is 6.54 Å². The van der Waals surface area contributed by atoms with E-state index in [9.17, 15) is 19.8 Å². The Bertz CT molecular complexity index is 1060. The van der Waals surface area contributed by atoms with Gasteiger partial charge < -0.3 is 19.7 Å². The zero-order valence-electron chi connectivity index (χ0n) is 14.4. The number of rotatable bonds is 4. The number of fused-ring (bicyclic) bond motifs is 1. The lowest BCUT2D eigenvalue weighted by atomic mass is 10.1. The highest BCUT2D eigenvalue weighted by molar-refractivity contribution is 5.87. The number of aromatic carboxylic acids is 1. The molecule has 4 rings (SSSR count). The Balaban J connectivity index is 1.74. The number of anilines is 2. The van der Waals surface area contributed by atoms with Crippen LogP contribution in [0.4, 0.5) is 11.4 Å². The third-order valence-corrected chi connectivity index (χ3v) is 4.82. The van der Waals surface area contributed by atoms with Crippen molar-refractivity contribution >= 4 is 17.3 Å². The van der Waals surface area contributed by atoms with E-state index in [1.165, 1.54) is 18.0 Å². The number of nitrogens with zero attached hydrogens (tertiary/aromatic N) is 2. The molecule has 6 nitrogen and oxygen atoms in total. The predicted octanol–water partition coefficient (Wildman–Crippen LogP) is 3.02. The summed E-state index contributed by atoms with van der Waals surface area (Å²) >= 11 is 0. The van der Waals surface area contributed by atoms with Crippen LogP contribution in [0, 0.1) is 0 Å². The standard InChI is InChI=1S/C21H18N2O4/c24-19-13-22(12-17(20(19)25)21(26)27)11-16-10-14-6-4-5-9-18(14)23(16)15-7-2-1-3-8-15/h1-9,12-13,16,24H,10-11H2,(H,26,27)/t16-/m0/s1. The second-order valence-corrected chi connectivity index (χ2v) is 6.58. The summed E-state index contributed by atoms with van der Waals surface area (Å²) in [5.74, 6) is -1.91. The summed E-state index contributed by atoms with van der Waals surface area (Å²) < 4.78 is 1.58. The fraction of sp³-hybridized carbons (Fsp3) is 0.143. The molecular formula is C21H18N2O4. The maximum atomic E-state index is 11.8. The molecule has 3 aromatic rings. The molecular weight excluding hydrogens is 344 g/mol. The van der Waals surface area contributed by atoms with Crippen molar-refractivity contribution in [1.29, 1.82) is 0 Å². The zero-order valence-corrected chi connectivity index (χ0v) is 14.4. The number of aromatic hydroxyl groups is 1. The highest BCUT2D eigenvalue weighted by Crippen LogP contribution is 2.38. The Morgan fingerprint density at radius 1 is 1.04 bits per heavy atom. The summed E-state index contributed by atoms with van der Waals surface area (Å²) in [4.78, 5) is 25.3. The fourth-order valence-electron chi connectivity index (χ4n) is 3.66. The van der Waals surface area contributed by atoms with Crippen molar-refractivity contribution in [2.75, 3.05) is 4.90 Å². The van der Waals surface area contributed by atoms with E-state index in [1.54, 1.807) is 4.57 Å². The number of hydrogen-bond acceptors (Lipinski definition) is 4. The number of carboxylic acids is 1. The number of carbonyl (C=O) groups is 1. The number of hydrogen-bond donors (Lipinski definition) is 2. The number of aromatic nitrogens is 1. The molecule has 0 unspecified atom stereocenters. The molecule has 1 aromatic heterocycles. The molecule has 0 bridgehead atoms. The highest BCUT2D eigenvalue weighted by atomic mass is 16.4. The average molecular weight is 362 g/mol. The van der Waals surface area contributed by atoms with Crippen LogP contribution in [-0.4, -0.2) is 26.8 Å². The van der Waals surface area contributed by atoms with Crippen LogP contribution in [0.2, 0.25) is 0 Å². The average Bonchev–Trinajstić information content (AvgIpc) is 3.02. The Kier molecular flexibility index (Phi) is 4.16. The molecule has 1 atom stereocenters. The Morgan fingerprint density at radius 3 is 2.48 bits per heavy atom. The first-order chi connectivity index (χ1) is 13.0. The van der Waals surface area contributed by atoms with Crippen LogP contribution in [0.3, 0.4) is 0 Å². The van der Waals surface area contributed by atoms with Crippen LogP contribution >= 0.6 is 0 Å². The summed E-state index contributed by atoms with van der Waals surface area (Å²) in [5.41, 5.74) is 2.05. The Hall–Kier alpha value is -3.54. The minimum atomic E-state index is -1.35. The quantitative estimate of drug-likeness (QED) is 0.745. The molecule has 0 fully saturated rings. The maximum absolute atomic E-state index is 11.8. The first-order valence-electron chi connectivity index (χ1n) is 8.63. The lowest BCUT2D eigenvalue weighted by molar-refractivity contribution is 0.0693.